The summed E-state index contributed by atoms with van der Waals surface area (Å²) < 4.78 is 16.1. The molecule has 152 valence electrons. The van der Waals surface area contributed by atoms with Crippen LogP contribution in [-0.4, -0.2) is 50.4 Å². The average molecular weight is 415 g/mol. The van der Waals surface area contributed by atoms with Crippen molar-refractivity contribution in [2.45, 2.75) is 6.04 Å². The second-order valence-corrected chi connectivity index (χ2v) is 7.36. The number of hydrogen-bond acceptors (Lipinski definition) is 5. The third-order valence-electron chi connectivity index (χ3n) is 4.94. The molecular formula is C22H23ClN2O4. The Morgan fingerprint density at radius 3 is 2.76 bits per heavy atom. The van der Waals surface area contributed by atoms with Crippen LogP contribution in [0, 0.1) is 0 Å². The average Bonchev–Trinajstić information content (AvgIpc) is 3.23. The number of morpholine rings is 1. The number of halogens is 1. The lowest BCUT2D eigenvalue weighted by molar-refractivity contribution is -0.117. The Morgan fingerprint density at radius 2 is 1.97 bits per heavy atom. The maximum absolute atomic E-state index is 12.6. The number of fused-ring (bicyclic) bond motifs is 1. The SMILES string of the molecule is O=C(/C=C/c1cc(Cl)c2c(c1)OCO2)N[C@@H](CN1CCOCC1)c1ccccc1. The molecule has 1 fully saturated rings. The molecule has 0 bridgehead atoms. The second kappa shape index (κ2) is 9.31. The van der Waals surface area contributed by atoms with Gasteiger partial charge in [-0.2, -0.15) is 0 Å². The van der Waals surface area contributed by atoms with Gasteiger partial charge in [0, 0.05) is 25.7 Å². The van der Waals surface area contributed by atoms with Crippen LogP contribution in [0.1, 0.15) is 17.2 Å². The van der Waals surface area contributed by atoms with Gasteiger partial charge in [-0.1, -0.05) is 41.9 Å². The van der Waals surface area contributed by atoms with E-state index in [4.69, 9.17) is 25.8 Å². The first kappa shape index (κ1) is 19.8. The van der Waals surface area contributed by atoms with E-state index >= 15 is 0 Å². The highest BCUT2D eigenvalue weighted by atomic mass is 35.5. The Hall–Kier alpha value is -2.54. The second-order valence-electron chi connectivity index (χ2n) is 6.95. The molecule has 1 saturated heterocycles. The first-order chi connectivity index (χ1) is 14.2. The topological polar surface area (TPSA) is 60.0 Å². The molecule has 1 atom stereocenters. The van der Waals surface area contributed by atoms with Gasteiger partial charge >= 0.3 is 0 Å². The number of amides is 1. The lowest BCUT2D eigenvalue weighted by atomic mass is 10.1. The molecule has 2 aromatic carbocycles. The van der Waals surface area contributed by atoms with Crippen molar-refractivity contribution in [1.29, 1.82) is 0 Å². The zero-order valence-corrected chi connectivity index (χ0v) is 16.7. The predicted molar refractivity (Wildman–Crippen MR) is 111 cm³/mol. The van der Waals surface area contributed by atoms with Crippen molar-refractivity contribution in [3.63, 3.8) is 0 Å². The summed E-state index contributed by atoms with van der Waals surface area (Å²) in [6.45, 7) is 4.07. The summed E-state index contributed by atoms with van der Waals surface area (Å²) in [6.07, 6.45) is 3.24. The Balaban J connectivity index is 1.44. The molecule has 0 saturated carbocycles. The molecule has 0 unspecified atom stereocenters. The van der Waals surface area contributed by atoms with Gasteiger partial charge in [0.15, 0.2) is 11.5 Å². The van der Waals surface area contributed by atoms with Gasteiger partial charge < -0.3 is 19.5 Å². The molecule has 29 heavy (non-hydrogen) atoms. The lowest BCUT2D eigenvalue weighted by Crippen LogP contribution is -2.42. The molecule has 4 rings (SSSR count). The van der Waals surface area contributed by atoms with E-state index in [-0.39, 0.29) is 18.7 Å². The Bertz CT molecular complexity index is 882. The van der Waals surface area contributed by atoms with Crippen LogP contribution in [0.3, 0.4) is 0 Å². The fourth-order valence-electron chi connectivity index (χ4n) is 3.44. The smallest absolute Gasteiger partial charge is 0.244 e. The third kappa shape index (κ3) is 5.09. The first-order valence-corrected chi connectivity index (χ1v) is 9.99. The highest BCUT2D eigenvalue weighted by Crippen LogP contribution is 2.40. The van der Waals surface area contributed by atoms with Crippen molar-refractivity contribution >= 4 is 23.6 Å². The van der Waals surface area contributed by atoms with Crippen LogP contribution in [-0.2, 0) is 9.53 Å². The Labute approximate surface area is 175 Å². The summed E-state index contributed by atoms with van der Waals surface area (Å²) >= 11 is 6.21. The molecule has 1 N–H and O–H groups in total. The van der Waals surface area contributed by atoms with E-state index in [1.165, 1.54) is 6.08 Å². The van der Waals surface area contributed by atoms with E-state index in [0.717, 1.165) is 44.0 Å². The molecule has 2 aliphatic rings. The molecule has 1 amide bonds. The summed E-state index contributed by atoms with van der Waals surface area (Å²) in [5.74, 6) is 0.968. The first-order valence-electron chi connectivity index (χ1n) is 9.62. The number of hydrogen-bond donors (Lipinski definition) is 1. The fourth-order valence-corrected chi connectivity index (χ4v) is 3.71. The van der Waals surface area contributed by atoms with Crippen LogP contribution < -0.4 is 14.8 Å². The molecular weight excluding hydrogens is 392 g/mol. The number of nitrogens with zero attached hydrogens (tertiary/aromatic N) is 1. The number of carbonyl (C=O) groups excluding carboxylic acids is 1. The number of benzene rings is 2. The van der Waals surface area contributed by atoms with E-state index in [1.54, 1.807) is 18.2 Å². The molecule has 2 aliphatic heterocycles. The minimum atomic E-state index is -0.166. The van der Waals surface area contributed by atoms with Crippen molar-refractivity contribution in [2.75, 3.05) is 39.6 Å². The van der Waals surface area contributed by atoms with Gasteiger partial charge in [-0.25, -0.2) is 0 Å². The van der Waals surface area contributed by atoms with Crippen LogP contribution >= 0.6 is 11.6 Å². The molecule has 0 aromatic heterocycles. The zero-order valence-electron chi connectivity index (χ0n) is 16.0. The van der Waals surface area contributed by atoms with Gasteiger partial charge in [0.05, 0.1) is 24.3 Å². The van der Waals surface area contributed by atoms with Crippen LogP contribution in [0.25, 0.3) is 6.08 Å². The normalized spacial score (nSPS) is 17.4. The van der Waals surface area contributed by atoms with Crippen LogP contribution in [0.2, 0.25) is 5.02 Å². The zero-order chi connectivity index (χ0) is 20.1. The molecule has 2 heterocycles. The quantitative estimate of drug-likeness (QED) is 0.735. The van der Waals surface area contributed by atoms with Crippen LogP contribution in [0.5, 0.6) is 11.5 Å². The van der Waals surface area contributed by atoms with Crippen molar-refractivity contribution in [2.24, 2.45) is 0 Å². The summed E-state index contributed by atoms with van der Waals surface area (Å²) in [7, 11) is 0. The predicted octanol–water partition coefficient (Wildman–Crippen LogP) is 3.27. The molecule has 2 aromatic rings. The molecule has 7 heteroatoms. The van der Waals surface area contributed by atoms with Gasteiger partial charge in [0.1, 0.15) is 0 Å². The van der Waals surface area contributed by atoms with E-state index in [9.17, 15) is 4.79 Å². The maximum atomic E-state index is 12.6. The van der Waals surface area contributed by atoms with Gasteiger partial charge in [0.25, 0.3) is 0 Å². The van der Waals surface area contributed by atoms with Gasteiger partial charge in [0.2, 0.25) is 12.7 Å². The molecule has 0 spiro atoms. The standard InChI is InChI=1S/C22H23ClN2O4/c23-18-12-16(13-20-22(18)29-15-28-20)6-7-21(26)24-19(17-4-2-1-3-5-17)14-25-8-10-27-11-9-25/h1-7,12-13,19H,8-11,14-15H2,(H,24,26)/b7-6+/t19-/m0/s1. The van der Waals surface area contributed by atoms with Crippen molar-refractivity contribution < 1.29 is 19.0 Å². The Kier molecular flexibility index (Phi) is 6.34. The van der Waals surface area contributed by atoms with E-state index in [2.05, 4.69) is 10.2 Å². The monoisotopic (exact) mass is 414 g/mol. The summed E-state index contributed by atoms with van der Waals surface area (Å²) in [5.41, 5.74) is 1.85. The lowest BCUT2D eigenvalue weighted by Gasteiger charge is -2.31. The molecule has 0 radical (unpaired) electrons. The summed E-state index contributed by atoms with van der Waals surface area (Å²) in [4.78, 5) is 14.9. The summed E-state index contributed by atoms with van der Waals surface area (Å²) in [5, 5.41) is 3.59. The van der Waals surface area contributed by atoms with E-state index in [1.807, 2.05) is 30.3 Å². The van der Waals surface area contributed by atoms with E-state index in [0.29, 0.717) is 16.5 Å². The minimum Gasteiger partial charge on any atom is -0.454 e. The van der Waals surface area contributed by atoms with Crippen molar-refractivity contribution in [3.8, 4) is 11.5 Å². The van der Waals surface area contributed by atoms with Crippen molar-refractivity contribution in [1.82, 2.24) is 10.2 Å². The summed E-state index contributed by atoms with van der Waals surface area (Å²) in [6, 6.07) is 13.5. The number of carbonyl (C=O) groups is 1. The molecule has 0 aliphatic carbocycles. The third-order valence-corrected chi connectivity index (χ3v) is 5.22. The minimum absolute atomic E-state index is 0.105. The van der Waals surface area contributed by atoms with Gasteiger partial charge in [-0.15, -0.1) is 0 Å². The van der Waals surface area contributed by atoms with Crippen molar-refractivity contribution in [3.05, 3.63) is 64.7 Å². The fraction of sp³-hybridized carbons (Fsp3) is 0.318. The molecule has 6 nitrogen and oxygen atoms in total. The number of ether oxygens (including phenoxy) is 3. The highest BCUT2D eigenvalue weighted by Gasteiger charge is 2.20. The van der Waals surface area contributed by atoms with E-state index < -0.39 is 0 Å². The van der Waals surface area contributed by atoms with Gasteiger partial charge in [-0.3, -0.25) is 9.69 Å². The number of nitrogens with one attached hydrogen (secondary N) is 1. The number of rotatable bonds is 6. The van der Waals surface area contributed by atoms with Crippen LogP contribution in [0.4, 0.5) is 0 Å². The Morgan fingerprint density at radius 1 is 1.17 bits per heavy atom. The highest BCUT2D eigenvalue weighted by molar-refractivity contribution is 6.32. The van der Waals surface area contributed by atoms with Gasteiger partial charge in [-0.05, 0) is 29.3 Å². The van der Waals surface area contributed by atoms with Crippen LogP contribution in [0.15, 0.2) is 48.5 Å². The maximum Gasteiger partial charge on any atom is 0.244 e. The largest absolute Gasteiger partial charge is 0.454 e.